The summed E-state index contributed by atoms with van der Waals surface area (Å²) in [4.78, 5) is 29.5. The Morgan fingerprint density at radius 3 is 2.67 bits per heavy atom. The average molecular weight is 580 g/mol. The molecule has 0 unspecified atom stereocenters. The predicted octanol–water partition coefficient (Wildman–Crippen LogP) is 5.84. The summed E-state index contributed by atoms with van der Waals surface area (Å²) >= 11 is 7.07. The molecule has 4 heterocycles. The van der Waals surface area contributed by atoms with Crippen LogP contribution in [0, 0.1) is 6.92 Å². The van der Waals surface area contributed by atoms with E-state index in [4.69, 9.17) is 21.3 Å². The number of methoxy groups -OCH3 is 1. The molecule has 3 N–H and O–H groups in total. The summed E-state index contributed by atoms with van der Waals surface area (Å²) in [5.41, 5.74) is 7.73. The van der Waals surface area contributed by atoms with E-state index in [0.29, 0.717) is 41.7 Å². The van der Waals surface area contributed by atoms with E-state index in [9.17, 15) is 4.79 Å². The van der Waals surface area contributed by atoms with E-state index in [1.807, 2.05) is 54.6 Å². The molecule has 1 aliphatic rings. The molecule has 1 fully saturated rings. The molecule has 9 nitrogen and oxygen atoms in total. The Bertz CT molecular complexity index is 1770. The summed E-state index contributed by atoms with van der Waals surface area (Å²) in [7, 11) is 1.61. The van der Waals surface area contributed by atoms with E-state index < -0.39 is 0 Å². The zero-order valence-electron chi connectivity index (χ0n) is 23.3. The highest BCUT2D eigenvalue weighted by molar-refractivity contribution is 6.36. The van der Waals surface area contributed by atoms with Gasteiger partial charge in [-0.25, -0.2) is 15.0 Å². The van der Waals surface area contributed by atoms with E-state index in [1.54, 1.807) is 13.3 Å². The number of ether oxygens (including phenoxy) is 1. The summed E-state index contributed by atoms with van der Waals surface area (Å²) in [5, 5.41) is 10.4. The molecule has 1 amide bonds. The summed E-state index contributed by atoms with van der Waals surface area (Å²) < 4.78 is 5.64. The van der Waals surface area contributed by atoms with Crippen molar-refractivity contribution in [3.05, 3.63) is 89.3 Å². The van der Waals surface area contributed by atoms with E-state index in [2.05, 4.69) is 43.9 Å². The lowest BCUT2D eigenvalue weighted by molar-refractivity contribution is -0.119. The van der Waals surface area contributed by atoms with Crippen LogP contribution in [-0.2, 0) is 11.3 Å². The van der Waals surface area contributed by atoms with Crippen molar-refractivity contribution < 1.29 is 9.53 Å². The Balaban J connectivity index is 1.26. The minimum atomic E-state index is 0.111. The second kappa shape index (κ2) is 12.1. The van der Waals surface area contributed by atoms with Crippen molar-refractivity contribution in [2.75, 3.05) is 19.0 Å². The lowest BCUT2D eigenvalue weighted by Gasteiger charge is -2.17. The molecule has 0 radical (unpaired) electrons. The Hall–Kier alpha value is -4.60. The lowest BCUT2D eigenvalue weighted by Crippen LogP contribution is -2.35. The molecule has 0 saturated carbocycles. The van der Waals surface area contributed by atoms with Gasteiger partial charge in [0.2, 0.25) is 11.8 Å². The van der Waals surface area contributed by atoms with Gasteiger partial charge in [-0.05, 0) is 48.7 Å². The largest absolute Gasteiger partial charge is 0.481 e. The molecule has 6 rings (SSSR count). The van der Waals surface area contributed by atoms with Gasteiger partial charge in [0.1, 0.15) is 11.8 Å². The quantitative estimate of drug-likeness (QED) is 0.200. The molecule has 1 saturated heterocycles. The number of fused-ring (bicyclic) bond motifs is 1. The van der Waals surface area contributed by atoms with Crippen molar-refractivity contribution >= 4 is 40.0 Å². The first-order chi connectivity index (χ1) is 20.5. The van der Waals surface area contributed by atoms with Crippen molar-refractivity contribution in [2.24, 2.45) is 0 Å². The first-order valence-electron chi connectivity index (χ1n) is 13.8. The van der Waals surface area contributed by atoms with Crippen LogP contribution in [0.2, 0.25) is 5.02 Å². The number of amides is 1. The number of hydrogen-bond acceptors (Lipinski definition) is 8. The first-order valence-corrected chi connectivity index (χ1v) is 14.1. The van der Waals surface area contributed by atoms with Crippen molar-refractivity contribution in [3.8, 4) is 28.3 Å². The van der Waals surface area contributed by atoms with Gasteiger partial charge in [0.05, 0.1) is 23.3 Å². The van der Waals surface area contributed by atoms with E-state index >= 15 is 0 Å². The monoisotopic (exact) mass is 579 g/mol. The average Bonchev–Trinajstić information content (AvgIpc) is 3.43. The van der Waals surface area contributed by atoms with Gasteiger partial charge in [-0.15, -0.1) is 0 Å². The van der Waals surface area contributed by atoms with Crippen molar-refractivity contribution in [1.82, 2.24) is 30.6 Å². The number of nitrogens with zero attached hydrogens (tertiary/aromatic N) is 4. The minimum Gasteiger partial charge on any atom is -0.481 e. The number of carbonyl (C=O) groups is 1. The molecule has 2 aromatic carbocycles. The van der Waals surface area contributed by atoms with Gasteiger partial charge >= 0.3 is 0 Å². The number of carbonyl (C=O) groups excluding carboxylic acids is 1. The smallest absolute Gasteiger partial charge is 0.220 e. The zero-order chi connectivity index (χ0) is 29.1. The number of benzene rings is 2. The topological polar surface area (TPSA) is 114 Å². The normalized spacial score (nSPS) is 14.6. The Labute approximate surface area is 248 Å². The van der Waals surface area contributed by atoms with Gasteiger partial charge in [0.15, 0.2) is 5.82 Å². The molecule has 1 atom stereocenters. The van der Waals surface area contributed by atoms with Crippen LogP contribution in [0.3, 0.4) is 0 Å². The van der Waals surface area contributed by atoms with Crippen LogP contribution in [0.25, 0.3) is 33.4 Å². The lowest BCUT2D eigenvalue weighted by atomic mass is 9.96. The van der Waals surface area contributed by atoms with Gasteiger partial charge in [-0.3, -0.25) is 9.78 Å². The number of nitrogens with one attached hydrogen (secondary N) is 3. The van der Waals surface area contributed by atoms with E-state index in [1.165, 1.54) is 6.33 Å². The standard InChI is InChI=1S/C32H30ClN7O2/c1-19-22(6-4-9-25(19)39-31-30-27(36-18-37-31)10-5-15-35-30)23-7-3-8-24(29(23)33)26-13-11-20(32(40-26)42-2)16-34-17-21-12-14-28(41)38-21/h3-11,13,15,18,21,34H,12,14,16-17H2,1-2H3,(H,38,41)(H,36,37,39)/t21-/m0/s1. The number of halogens is 1. The molecular formula is C32H30ClN7O2. The second-order valence-corrected chi connectivity index (χ2v) is 10.5. The summed E-state index contributed by atoms with van der Waals surface area (Å²) in [6.45, 7) is 3.33. The van der Waals surface area contributed by atoms with Crippen molar-refractivity contribution in [1.29, 1.82) is 0 Å². The third kappa shape index (κ3) is 5.61. The summed E-state index contributed by atoms with van der Waals surface area (Å²) in [6.07, 6.45) is 4.70. The third-order valence-corrected chi connectivity index (χ3v) is 7.88. The van der Waals surface area contributed by atoms with Crippen molar-refractivity contribution in [3.63, 3.8) is 0 Å². The number of pyridine rings is 2. The van der Waals surface area contributed by atoms with Gasteiger partial charge in [0.25, 0.3) is 0 Å². The molecule has 42 heavy (non-hydrogen) atoms. The highest BCUT2D eigenvalue weighted by Crippen LogP contribution is 2.39. The molecule has 0 spiro atoms. The highest BCUT2D eigenvalue weighted by atomic mass is 35.5. The summed E-state index contributed by atoms with van der Waals surface area (Å²) in [6, 6.07) is 19.9. The van der Waals surface area contributed by atoms with Crippen LogP contribution in [0.15, 0.2) is 73.2 Å². The van der Waals surface area contributed by atoms with Crippen LogP contribution in [0.1, 0.15) is 24.0 Å². The van der Waals surface area contributed by atoms with E-state index in [-0.39, 0.29) is 11.9 Å². The van der Waals surface area contributed by atoms with Crippen LogP contribution in [0.4, 0.5) is 11.5 Å². The van der Waals surface area contributed by atoms with Crippen LogP contribution >= 0.6 is 11.6 Å². The maximum atomic E-state index is 11.5. The molecule has 1 aliphatic heterocycles. The molecule has 3 aromatic heterocycles. The second-order valence-electron chi connectivity index (χ2n) is 10.2. The van der Waals surface area contributed by atoms with Crippen LogP contribution in [-0.4, -0.2) is 45.5 Å². The molecule has 0 aliphatic carbocycles. The molecule has 5 aromatic rings. The zero-order valence-corrected chi connectivity index (χ0v) is 24.1. The van der Waals surface area contributed by atoms with Gasteiger partial charge < -0.3 is 20.7 Å². The molecule has 0 bridgehead atoms. The Morgan fingerprint density at radius 2 is 1.83 bits per heavy atom. The summed E-state index contributed by atoms with van der Waals surface area (Å²) in [5.74, 6) is 1.28. The predicted molar refractivity (Wildman–Crippen MR) is 165 cm³/mol. The Morgan fingerprint density at radius 1 is 1.00 bits per heavy atom. The SMILES string of the molecule is COc1nc(-c2cccc(-c3cccc(Nc4ncnc5cccnc45)c3C)c2Cl)ccc1CNC[C@@H]1CCC(=O)N1. The first kappa shape index (κ1) is 27.6. The van der Waals surface area contributed by atoms with E-state index in [0.717, 1.165) is 51.1 Å². The fourth-order valence-electron chi connectivity index (χ4n) is 5.26. The number of aromatic nitrogens is 4. The van der Waals surface area contributed by atoms with Gasteiger partial charge in [-0.1, -0.05) is 48.0 Å². The fraction of sp³-hybridized carbons (Fsp3) is 0.219. The third-order valence-electron chi connectivity index (χ3n) is 7.47. The number of anilines is 2. The number of rotatable bonds is 9. The number of hydrogen-bond donors (Lipinski definition) is 3. The van der Waals surface area contributed by atoms with Crippen LogP contribution < -0.4 is 20.7 Å². The van der Waals surface area contributed by atoms with Crippen LogP contribution in [0.5, 0.6) is 5.88 Å². The fourth-order valence-corrected chi connectivity index (χ4v) is 5.58. The molecule has 10 heteroatoms. The molecule has 212 valence electrons. The van der Waals surface area contributed by atoms with Crippen molar-refractivity contribution in [2.45, 2.75) is 32.4 Å². The minimum absolute atomic E-state index is 0.111. The van der Waals surface area contributed by atoms with Gasteiger partial charge in [0, 0.05) is 54.1 Å². The maximum Gasteiger partial charge on any atom is 0.220 e. The van der Waals surface area contributed by atoms with Gasteiger partial charge in [-0.2, -0.15) is 0 Å². The molecular weight excluding hydrogens is 550 g/mol. The Kier molecular flexibility index (Phi) is 7.94. The highest BCUT2D eigenvalue weighted by Gasteiger charge is 2.20. The maximum absolute atomic E-state index is 11.5.